The van der Waals surface area contributed by atoms with Gasteiger partial charge in [-0.2, -0.15) is 0 Å². The summed E-state index contributed by atoms with van der Waals surface area (Å²) in [6, 6.07) is 8.46. The minimum atomic E-state index is -0.645. The molecule has 1 aromatic carbocycles. The van der Waals surface area contributed by atoms with E-state index in [4.69, 9.17) is 0 Å². The van der Waals surface area contributed by atoms with Crippen molar-refractivity contribution in [1.82, 2.24) is 5.32 Å². The van der Waals surface area contributed by atoms with Crippen LogP contribution in [0.1, 0.15) is 43.7 Å². The van der Waals surface area contributed by atoms with E-state index in [1.807, 2.05) is 0 Å². The molecule has 2 N–H and O–H groups in total. The van der Waals surface area contributed by atoms with Crippen molar-refractivity contribution in [2.24, 2.45) is 0 Å². The minimum Gasteiger partial charge on any atom is -0.384 e. The lowest BCUT2D eigenvalue weighted by Crippen LogP contribution is -2.28. The lowest BCUT2D eigenvalue weighted by molar-refractivity contribution is 0.0587. The van der Waals surface area contributed by atoms with Crippen LogP contribution in [0.3, 0.4) is 0 Å². The second kappa shape index (κ2) is 4.56. The second-order valence-corrected chi connectivity index (χ2v) is 4.89. The highest BCUT2D eigenvalue weighted by Crippen LogP contribution is 2.29. The highest BCUT2D eigenvalue weighted by Gasteiger charge is 2.32. The first kappa shape index (κ1) is 11.6. The van der Waals surface area contributed by atoms with Crippen molar-refractivity contribution in [3.63, 3.8) is 0 Å². The number of nitrogens with one attached hydrogen (secondary N) is 1. The van der Waals surface area contributed by atoms with Crippen LogP contribution in [0, 0.1) is 0 Å². The van der Waals surface area contributed by atoms with Gasteiger partial charge < -0.3 is 10.4 Å². The van der Waals surface area contributed by atoms with Gasteiger partial charge in [-0.05, 0) is 36.4 Å². The number of hydrogen-bond donors (Lipinski definition) is 2. The van der Waals surface area contributed by atoms with E-state index in [1.54, 1.807) is 0 Å². The van der Waals surface area contributed by atoms with E-state index in [-0.39, 0.29) is 0 Å². The summed E-state index contributed by atoms with van der Waals surface area (Å²) in [6.07, 6.45) is 1.97. The number of rotatable bonds is 3. The molecule has 2 heteroatoms. The van der Waals surface area contributed by atoms with Crippen LogP contribution in [0.5, 0.6) is 0 Å². The van der Waals surface area contributed by atoms with Gasteiger partial charge in [0.05, 0.1) is 0 Å². The topological polar surface area (TPSA) is 32.3 Å². The first-order valence-corrected chi connectivity index (χ1v) is 6.19. The SMILES string of the molecule is CCC(C)c1ccc(C2(O)CCNC2)cc1. The maximum atomic E-state index is 10.4. The molecule has 0 amide bonds. The molecule has 0 aliphatic carbocycles. The smallest absolute Gasteiger partial charge is 0.103 e. The van der Waals surface area contributed by atoms with E-state index < -0.39 is 5.60 Å². The molecule has 88 valence electrons. The average Bonchev–Trinajstić information content (AvgIpc) is 2.77. The fourth-order valence-electron chi connectivity index (χ4n) is 2.28. The Kier molecular flexibility index (Phi) is 3.31. The molecule has 1 aliphatic rings. The summed E-state index contributed by atoms with van der Waals surface area (Å²) in [4.78, 5) is 0. The van der Waals surface area contributed by atoms with Crippen LogP contribution in [0.25, 0.3) is 0 Å². The lowest BCUT2D eigenvalue weighted by Gasteiger charge is -2.22. The molecule has 2 rings (SSSR count). The molecular formula is C14H21NO. The molecule has 0 bridgehead atoms. The molecule has 1 aromatic rings. The van der Waals surface area contributed by atoms with Gasteiger partial charge in [-0.3, -0.25) is 0 Å². The second-order valence-electron chi connectivity index (χ2n) is 4.89. The standard InChI is InChI=1S/C14H21NO/c1-3-11(2)12-4-6-13(7-5-12)14(16)8-9-15-10-14/h4-7,11,15-16H,3,8-10H2,1-2H3. The summed E-state index contributed by atoms with van der Waals surface area (Å²) in [5.41, 5.74) is 1.76. The van der Waals surface area contributed by atoms with Gasteiger partial charge >= 0.3 is 0 Å². The Bertz CT molecular complexity index is 338. The van der Waals surface area contributed by atoms with Gasteiger partial charge in [-0.1, -0.05) is 38.1 Å². The number of aliphatic hydroxyl groups is 1. The van der Waals surface area contributed by atoms with Crippen LogP contribution in [0.2, 0.25) is 0 Å². The van der Waals surface area contributed by atoms with Crippen LogP contribution in [-0.2, 0) is 5.60 Å². The van der Waals surface area contributed by atoms with E-state index in [0.717, 1.165) is 24.9 Å². The molecule has 1 fully saturated rings. The van der Waals surface area contributed by atoms with Gasteiger partial charge in [-0.15, -0.1) is 0 Å². The van der Waals surface area contributed by atoms with Crippen LogP contribution in [-0.4, -0.2) is 18.2 Å². The predicted molar refractivity (Wildman–Crippen MR) is 66.5 cm³/mol. The van der Waals surface area contributed by atoms with Crippen molar-refractivity contribution in [3.05, 3.63) is 35.4 Å². The van der Waals surface area contributed by atoms with Gasteiger partial charge in [0, 0.05) is 6.54 Å². The Hall–Kier alpha value is -0.860. The zero-order chi connectivity index (χ0) is 11.6. The molecular weight excluding hydrogens is 198 g/mol. The molecule has 0 spiro atoms. The van der Waals surface area contributed by atoms with Crippen LogP contribution in [0.15, 0.2) is 24.3 Å². The van der Waals surface area contributed by atoms with Crippen LogP contribution < -0.4 is 5.32 Å². The molecule has 1 aliphatic heterocycles. The molecule has 1 heterocycles. The molecule has 2 atom stereocenters. The first-order chi connectivity index (χ1) is 7.65. The zero-order valence-corrected chi connectivity index (χ0v) is 10.2. The largest absolute Gasteiger partial charge is 0.384 e. The fourth-order valence-corrected chi connectivity index (χ4v) is 2.28. The Balaban J connectivity index is 2.18. The minimum absolute atomic E-state index is 0.602. The third kappa shape index (κ3) is 2.13. The third-order valence-corrected chi connectivity index (χ3v) is 3.76. The maximum absolute atomic E-state index is 10.4. The highest BCUT2D eigenvalue weighted by molar-refractivity contribution is 5.30. The van der Waals surface area contributed by atoms with Gasteiger partial charge in [0.2, 0.25) is 0 Å². The van der Waals surface area contributed by atoms with E-state index in [0.29, 0.717) is 12.5 Å². The first-order valence-electron chi connectivity index (χ1n) is 6.19. The number of hydrogen-bond acceptors (Lipinski definition) is 2. The van der Waals surface area contributed by atoms with Gasteiger partial charge in [0.1, 0.15) is 5.60 Å². The molecule has 0 radical (unpaired) electrons. The Morgan fingerprint density at radius 3 is 2.56 bits per heavy atom. The molecule has 16 heavy (non-hydrogen) atoms. The van der Waals surface area contributed by atoms with E-state index >= 15 is 0 Å². The lowest BCUT2D eigenvalue weighted by atomic mass is 9.90. The maximum Gasteiger partial charge on any atom is 0.103 e. The summed E-state index contributed by atoms with van der Waals surface area (Å²) in [5.74, 6) is 0.602. The highest BCUT2D eigenvalue weighted by atomic mass is 16.3. The van der Waals surface area contributed by atoms with E-state index in [2.05, 4.69) is 43.4 Å². The van der Waals surface area contributed by atoms with Crippen molar-refractivity contribution >= 4 is 0 Å². The number of β-amino-alcohol motifs (C(OH)–C–C–N with tert-alkyl or cyclic N) is 1. The van der Waals surface area contributed by atoms with Crippen molar-refractivity contribution < 1.29 is 5.11 Å². The van der Waals surface area contributed by atoms with Gasteiger partial charge in [0.15, 0.2) is 0 Å². The van der Waals surface area contributed by atoms with Crippen molar-refractivity contribution in [3.8, 4) is 0 Å². The molecule has 1 saturated heterocycles. The predicted octanol–water partition coefficient (Wildman–Crippen LogP) is 2.38. The zero-order valence-electron chi connectivity index (χ0n) is 10.2. The molecule has 2 nitrogen and oxygen atoms in total. The molecule has 0 saturated carbocycles. The quantitative estimate of drug-likeness (QED) is 0.818. The summed E-state index contributed by atoms with van der Waals surface area (Å²) in [6.45, 7) is 6.02. The molecule has 0 aromatic heterocycles. The van der Waals surface area contributed by atoms with Crippen LogP contribution in [0.4, 0.5) is 0 Å². The van der Waals surface area contributed by atoms with Crippen LogP contribution >= 0.6 is 0 Å². The van der Waals surface area contributed by atoms with E-state index in [9.17, 15) is 5.11 Å². The van der Waals surface area contributed by atoms with Gasteiger partial charge in [-0.25, -0.2) is 0 Å². The van der Waals surface area contributed by atoms with Crippen molar-refractivity contribution in [2.75, 3.05) is 13.1 Å². The average molecular weight is 219 g/mol. The number of benzene rings is 1. The van der Waals surface area contributed by atoms with Crippen molar-refractivity contribution in [1.29, 1.82) is 0 Å². The van der Waals surface area contributed by atoms with E-state index in [1.165, 1.54) is 5.56 Å². The monoisotopic (exact) mass is 219 g/mol. The normalized spacial score (nSPS) is 26.9. The summed E-state index contributed by atoms with van der Waals surface area (Å²) in [7, 11) is 0. The summed E-state index contributed by atoms with van der Waals surface area (Å²) in [5, 5.41) is 13.6. The molecule has 2 unspecified atom stereocenters. The van der Waals surface area contributed by atoms with Gasteiger partial charge in [0.25, 0.3) is 0 Å². The summed E-state index contributed by atoms with van der Waals surface area (Å²) < 4.78 is 0. The Morgan fingerprint density at radius 1 is 1.38 bits per heavy atom. The third-order valence-electron chi connectivity index (χ3n) is 3.76. The summed E-state index contributed by atoms with van der Waals surface area (Å²) >= 11 is 0. The Morgan fingerprint density at radius 2 is 2.06 bits per heavy atom. The fraction of sp³-hybridized carbons (Fsp3) is 0.571. The van der Waals surface area contributed by atoms with Crippen molar-refractivity contribution in [2.45, 2.75) is 38.2 Å². The Labute approximate surface area is 97.7 Å².